The standard InChI is InChI=1S/C11H19NO/c1-5-9-6-8(10(13)12-9)7-11(2,3)4/h8H,5-7H2,1-4H3. The minimum Gasteiger partial charge on any atom is -0.272 e. The van der Waals surface area contributed by atoms with E-state index in [1.165, 1.54) is 0 Å². The topological polar surface area (TPSA) is 29.4 Å². The van der Waals surface area contributed by atoms with Gasteiger partial charge in [0.2, 0.25) is 5.91 Å². The number of amides is 1. The molecule has 1 heterocycles. The molecule has 1 unspecified atom stereocenters. The van der Waals surface area contributed by atoms with Crippen molar-refractivity contribution in [3.05, 3.63) is 0 Å². The van der Waals surface area contributed by atoms with Crippen molar-refractivity contribution in [1.82, 2.24) is 0 Å². The second kappa shape index (κ2) is 3.60. The normalized spacial score (nSPS) is 23.5. The van der Waals surface area contributed by atoms with Crippen LogP contribution in [0.2, 0.25) is 0 Å². The van der Waals surface area contributed by atoms with Crippen LogP contribution in [-0.2, 0) is 4.79 Å². The molecule has 0 aromatic carbocycles. The first-order chi connectivity index (χ1) is 5.92. The number of hydrogen-bond acceptors (Lipinski definition) is 1. The van der Waals surface area contributed by atoms with Crippen LogP contribution in [0.1, 0.15) is 47.0 Å². The van der Waals surface area contributed by atoms with Gasteiger partial charge in [-0.25, -0.2) is 4.99 Å². The van der Waals surface area contributed by atoms with E-state index in [0.717, 1.165) is 25.0 Å². The van der Waals surface area contributed by atoms with Crippen LogP contribution >= 0.6 is 0 Å². The van der Waals surface area contributed by atoms with Gasteiger partial charge < -0.3 is 0 Å². The highest BCUT2D eigenvalue weighted by Crippen LogP contribution is 2.30. The third-order valence-electron chi connectivity index (χ3n) is 2.37. The van der Waals surface area contributed by atoms with E-state index in [2.05, 4.69) is 32.7 Å². The van der Waals surface area contributed by atoms with Gasteiger partial charge in [-0.1, -0.05) is 27.7 Å². The summed E-state index contributed by atoms with van der Waals surface area (Å²) in [5, 5.41) is 0. The summed E-state index contributed by atoms with van der Waals surface area (Å²) in [7, 11) is 0. The molecule has 13 heavy (non-hydrogen) atoms. The molecule has 0 radical (unpaired) electrons. The lowest BCUT2D eigenvalue weighted by molar-refractivity contribution is -0.121. The molecule has 0 aromatic rings. The first-order valence-corrected chi connectivity index (χ1v) is 5.02. The Kier molecular flexibility index (Phi) is 2.89. The fraction of sp³-hybridized carbons (Fsp3) is 0.818. The number of rotatable bonds is 2. The third-order valence-corrected chi connectivity index (χ3v) is 2.37. The van der Waals surface area contributed by atoms with Crippen LogP contribution in [0, 0.1) is 11.3 Å². The Bertz CT molecular complexity index is 235. The molecule has 2 heteroatoms. The molecule has 0 N–H and O–H groups in total. The molecule has 1 rings (SSSR count). The van der Waals surface area contributed by atoms with Gasteiger partial charge in [-0.3, -0.25) is 4.79 Å². The van der Waals surface area contributed by atoms with E-state index in [0.29, 0.717) is 0 Å². The smallest absolute Gasteiger partial charge is 0.249 e. The third kappa shape index (κ3) is 2.94. The number of carbonyl (C=O) groups is 1. The minimum atomic E-state index is 0.103. The van der Waals surface area contributed by atoms with E-state index in [4.69, 9.17) is 0 Å². The van der Waals surface area contributed by atoms with Gasteiger partial charge in [-0.2, -0.15) is 0 Å². The Labute approximate surface area is 80.4 Å². The maximum absolute atomic E-state index is 11.4. The lowest BCUT2D eigenvalue weighted by atomic mass is 9.83. The Morgan fingerprint density at radius 1 is 1.46 bits per heavy atom. The average molecular weight is 181 g/mol. The molecular formula is C11H19NO. The van der Waals surface area contributed by atoms with Gasteiger partial charge in [-0.05, 0) is 24.7 Å². The fourth-order valence-corrected chi connectivity index (χ4v) is 1.79. The van der Waals surface area contributed by atoms with E-state index < -0.39 is 0 Å². The van der Waals surface area contributed by atoms with Gasteiger partial charge in [0, 0.05) is 11.6 Å². The summed E-state index contributed by atoms with van der Waals surface area (Å²) < 4.78 is 0. The average Bonchev–Trinajstić information content (AvgIpc) is 2.29. The highest BCUT2D eigenvalue weighted by Gasteiger charge is 2.29. The molecular weight excluding hydrogens is 162 g/mol. The van der Waals surface area contributed by atoms with E-state index in [-0.39, 0.29) is 17.2 Å². The van der Waals surface area contributed by atoms with Crippen LogP contribution in [0.3, 0.4) is 0 Å². The molecule has 1 aliphatic heterocycles. The zero-order chi connectivity index (χ0) is 10.1. The molecule has 0 aromatic heterocycles. The zero-order valence-corrected chi connectivity index (χ0v) is 9.05. The first-order valence-electron chi connectivity index (χ1n) is 5.02. The van der Waals surface area contributed by atoms with Crippen molar-refractivity contribution in [2.24, 2.45) is 16.3 Å². The predicted octanol–water partition coefficient (Wildman–Crippen LogP) is 2.82. The van der Waals surface area contributed by atoms with Crippen molar-refractivity contribution in [2.75, 3.05) is 0 Å². The zero-order valence-electron chi connectivity index (χ0n) is 9.05. The largest absolute Gasteiger partial charge is 0.272 e. The second-order valence-corrected chi connectivity index (χ2v) is 5.04. The maximum Gasteiger partial charge on any atom is 0.249 e. The van der Waals surface area contributed by atoms with Crippen LogP contribution in [-0.4, -0.2) is 11.6 Å². The number of aliphatic imine (C=N–C) groups is 1. The fourth-order valence-electron chi connectivity index (χ4n) is 1.79. The predicted molar refractivity (Wildman–Crippen MR) is 54.9 cm³/mol. The molecule has 1 aliphatic rings. The Hall–Kier alpha value is -0.660. The van der Waals surface area contributed by atoms with Crippen LogP contribution in [0.15, 0.2) is 4.99 Å². The molecule has 0 fully saturated rings. The maximum atomic E-state index is 11.4. The van der Waals surface area contributed by atoms with Gasteiger partial charge >= 0.3 is 0 Å². The second-order valence-electron chi connectivity index (χ2n) is 5.04. The van der Waals surface area contributed by atoms with Gasteiger partial charge in [0.1, 0.15) is 0 Å². The molecule has 2 nitrogen and oxygen atoms in total. The minimum absolute atomic E-state index is 0.103. The van der Waals surface area contributed by atoms with Crippen molar-refractivity contribution in [3.8, 4) is 0 Å². The first kappa shape index (κ1) is 10.4. The van der Waals surface area contributed by atoms with Gasteiger partial charge in [0.25, 0.3) is 0 Å². The number of hydrogen-bond donors (Lipinski definition) is 0. The molecule has 0 spiro atoms. The van der Waals surface area contributed by atoms with Crippen molar-refractivity contribution in [1.29, 1.82) is 0 Å². The van der Waals surface area contributed by atoms with Crippen molar-refractivity contribution >= 4 is 11.6 Å². The van der Waals surface area contributed by atoms with E-state index in [9.17, 15) is 4.79 Å². The SMILES string of the molecule is CCC1=NC(=O)C(CC(C)(C)C)C1. The lowest BCUT2D eigenvalue weighted by Crippen LogP contribution is -2.17. The van der Waals surface area contributed by atoms with E-state index in [1.54, 1.807) is 0 Å². The van der Waals surface area contributed by atoms with Gasteiger partial charge in [0.15, 0.2) is 0 Å². The molecule has 74 valence electrons. The van der Waals surface area contributed by atoms with E-state index in [1.807, 2.05) is 0 Å². The highest BCUT2D eigenvalue weighted by atomic mass is 16.1. The summed E-state index contributed by atoms with van der Waals surface area (Å²) in [6.07, 6.45) is 2.78. The molecule has 1 amide bonds. The summed E-state index contributed by atoms with van der Waals surface area (Å²) >= 11 is 0. The Morgan fingerprint density at radius 2 is 2.08 bits per heavy atom. The van der Waals surface area contributed by atoms with Crippen LogP contribution < -0.4 is 0 Å². The molecule has 0 saturated heterocycles. The number of carbonyl (C=O) groups excluding carboxylic acids is 1. The summed E-state index contributed by atoms with van der Waals surface area (Å²) in [6, 6.07) is 0. The summed E-state index contributed by atoms with van der Waals surface area (Å²) in [5.41, 5.74) is 1.32. The van der Waals surface area contributed by atoms with Gasteiger partial charge in [0.05, 0.1) is 0 Å². The summed E-state index contributed by atoms with van der Waals surface area (Å²) in [6.45, 7) is 8.57. The summed E-state index contributed by atoms with van der Waals surface area (Å²) in [5.74, 6) is 0.265. The molecule has 0 bridgehead atoms. The Morgan fingerprint density at radius 3 is 2.46 bits per heavy atom. The number of nitrogens with zero attached hydrogens (tertiary/aromatic N) is 1. The van der Waals surface area contributed by atoms with E-state index >= 15 is 0 Å². The molecule has 0 aliphatic carbocycles. The summed E-state index contributed by atoms with van der Waals surface area (Å²) in [4.78, 5) is 15.5. The van der Waals surface area contributed by atoms with Crippen molar-refractivity contribution in [2.45, 2.75) is 47.0 Å². The monoisotopic (exact) mass is 181 g/mol. The van der Waals surface area contributed by atoms with Crippen LogP contribution in [0.4, 0.5) is 0 Å². The van der Waals surface area contributed by atoms with Crippen LogP contribution in [0.25, 0.3) is 0 Å². The lowest BCUT2D eigenvalue weighted by Gasteiger charge is -2.21. The molecule has 0 saturated carbocycles. The van der Waals surface area contributed by atoms with Crippen LogP contribution in [0.5, 0.6) is 0 Å². The van der Waals surface area contributed by atoms with Crippen molar-refractivity contribution in [3.63, 3.8) is 0 Å². The van der Waals surface area contributed by atoms with Crippen molar-refractivity contribution < 1.29 is 4.79 Å². The Balaban J connectivity index is 2.54. The molecule has 1 atom stereocenters. The quantitative estimate of drug-likeness (QED) is 0.644. The van der Waals surface area contributed by atoms with Gasteiger partial charge in [-0.15, -0.1) is 0 Å². The highest BCUT2D eigenvalue weighted by molar-refractivity contribution is 6.03.